The number of halogens is 1. The summed E-state index contributed by atoms with van der Waals surface area (Å²) >= 11 is 7.32. The van der Waals surface area contributed by atoms with Gasteiger partial charge in [0.25, 0.3) is 5.91 Å². The lowest BCUT2D eigenvalue weighted by Crippen LogP contribution is -2.47. The van der Waals surface area contributed by atoms with E-state index >= 15 is 0 Å². The molecule has 2 aromatic carbocycles. The van der Waals surface area contributed by atoms with Crippen LogP contribution in [-0.4, -0.2) is 39.0 Å². The summed E-state index contributed by atoms with van der Waals surface area (Å²) in [6, 6.07) is 14.3. The molecule has 2 heterocycles. The van der Waals surface area contributed by atoms with Crippen LogP contribution in [0.4, 0.5) is 11.4 Å². The molecule has 0 saturated carbocycles. The number of amides is 2. The van der Waals surface area contributed by atoms with Crippen molar-refractivity contribution in [2.75, 3.05) is 5.32 Å². The van der Waals surface area contributed by atoms with Gasteiger partial charge in [-0.2, -0.15) is 4.99 Å². The molecule has 3 atom stereocenters. The summed E-state index contributed by atoms with van der Waals surface area (Å²) in [5.41, 5.74) is 2.29. The van der Waals surface area contributed by atoms with Gasteiger partial charge < -0.3 is 5.32 Å². The van der Waals surface area contributed by atoms with Crippen molar-refractivity contribution in [1.82, 2.24) is 4.90 Å². The maximum atomic E-state index is 13.0. The summed E-state index contributed by atoms with van der Waals surface area (Å²) in [5.74, 6) is 0.452. The standard InChI is InChI=1S/C24H25ClN4O2S/c1-4-14(3)20-23(31)28-21-17-8-6-7-9-18(17)27-24(29(20)21)32-19(5-2)22(30)26-16-12-10-15(25)11-13-16/h6-14,19-20H,4-5H2,1-3H3,(H,26,30). The highest BCUT2D eigenvalue weighted by Gasteiger charge is 2.44. The largest absolute Gasteiger partial charge is 0.325 e. The molecule has 0 aliphatic carbocycles. The van der Waals surface area contributed by atoms with Crippen LogP contribution in [0, 0.1) is 5.92 Å². The normalized spacial score (nSPS) is 18.9. The van der Waals surface area contributed by atoms with E-state index in [0.717, 1.165) is 17.7 Å². The van der Waals surface area contributed by atoms with E-state index in [9.17, 15) is 9.59 Å². The molecular formula is C24H25ClN4O2S. The minimum Gasteiger partial charge on any atom is -0.325 e. The number of nitrogens with one attached hydrogen (secondary N) is 1. The van der Waals surface area contributed by atoms with Gasteiger partial charge in [0.2, 0.25) is 5.91 Å². The van der Waals surface area contributed by atoms with Gasteiger partial charge in [-0.15, -0.1) is 0 Å². The monoisotopic (exact) mass is 468 g/mol. The van der Waals surface area contributed by atoms with E-state index in [1.807, 2.05) is 43.0 Å². The van der Waals surface area contributed by atoms with Crippen LogP contribution >= 0.6 is 23.4 Å². The molecule has 8 heteroatoms. The number of aliphatic imine (C=N–C) groups is 2. The molecule has 0 radical (unpaired) electrons. The van der Waals surface area contributed by atoms with Gasteiger partial charge in [0.05, 0.1) is 10.9 Å². The maximum Gasteiger partial charge on any atom is 0.271 e. The van der Waals surface area contributed by atoms with E-state index in [2.05, 4.69) is 17.2 Å². The second-order valence-corrected chi connectivity index (χ2v) is 9.50. The summed E-state index contributed by atoms with van der Waals surface area (Å²) < 4.78 is 0. The smallest absolute Gasteiger partial charge is 0.271 e. The van der Waals surface area contributed by atoms with Crippen LogP contribution < -0.4 is 5.32 Å². The Hall–Kier alpha value is -2.64. The van der Waals surface area contributed by atoms with E-state index in [1.165, 1.54) is 11.8 Å². The molecule has 32 heavy (non-hydrogen) atoms. The highest BCUT2D eigenvalue weighted by Crippen LogP contribution is 2.38. The molecule has 2 aliphatic rings. The number of amidine groups is 2. The summed E-state index contributed by atoms with van der Waals surface area (Å²) in [6.45, 7) is 6.08. The van der Waals surface area contributed by atoms with E-state index in [1.54, 1.807) is 24.3 Å². The van der Waals surface area contributed by atoms with E-state index in [0.29, 0.717) is 28.1 Å². The van der Waals surface area contributed by atoms with Crippen molar-refractivity contribution in [3.05, 3.63) is 59.1 Å². The Kier molecular flexibility index (Phi) is 6.67. The highest BCUT2D eigenvalue weighted by atomic mass is 35.5. The number of hydrogen-bond acceptors (Lipinski definition) is 5. The predicted molar refractivity (Wildman–Crippen MR) is 132 cm³/mol. The number of benzene rings is 2. The molecule has 0 saturated heterocycles. The van der Waals surface area contributed by atoms with Crippen LogP contribution in [0.25, 0.3) is 0 Å². The quantitative estimate of drug-likeness (QED) is 0.607. The Morgan fingerprint density at radius 2 is 1.84 bits per heavy atom. The molecule has 0 spiro atoms. The molecule has 0 aromatic heterocycles. The van der Waals surface area contributed by atoms with Crippen molar-refractivity contribution in [2.24, 2.45) is 15.9 Å². The van der Waals surface area contributed by atoms with Crippen LogP contribution in [0.3, 0.4) is 0 Å². The molecule has 0 bridgehead atoms. The third-order valence-electron chi connectivity index (χ3n) is 5.75. The molecule has 2 aliphatic heterocycles. The molecular weight excluding hydrogens is 444 g/mol. The van der Waals surface area contributed by atoms with Gasteiger partial charge in [0, 0.05) is 16.3 Å². The average molecular weight is 469 g/mol. The van der Waals surface area contributed by atoms with Gasteiger partial charge in [-0.05, 0) is 48.7 Å². The van der Waals surface area contributed by atoms with Gasteiger partial charge in [0.15, 0.2) is 5.17 Å². The summed E-state index contributed by atoms with van der Waals surface area (Å²) in [5, 5.41) is 3.82. The fourth-order valence-corrected chi connectivity index (χ4v) is 4.97. The van der Waals surface area contributed by atoms with E-state index in [-0.39, 0.29) is 23.0 Å². The molecule has 6 nitrogen and oxygen atoms in total. The van der Waals surface area contributed by atoms with Crippen LogP contribution in [0.2, 0.25) is 5.02 Å². The zero-order chi connectivity index (χ0) is 22.8. The fraction of sp³-hybridized carbons (Fsp3) is 0.333. The third kappa shape index (κ3) is 4.32. The van der Waals surface area contributed by atoms with Crippen LogP contribution in [0.5, 0.6) is 0 Å². The molecule has 0 fully saturated rings. The van der Waals surface area contributed by atoms with Gasteiger partial charge in [-0.3, -0.25) is 14.5 Å². The van der Waals surface area contributed by atoms with Gasteiger partial charge >= 0.3 is 0 Å². The Balaban J connectivity index is 1.64. The first-order chi connectivity index (χ1) is 15.4. The molecule has 1 N–H and O–H groups in total. The number of carbonyl (C=O) groups excluding carboxylic acids is 2. The zero-order valence-electron chi connectivity index (χ0n) is 18.2. The molecule has 2 aromatic rings. The SMILES string of the molecule is CCC(SC1=Nc2ccccc2C2=NC(=O)C(C(C)CC)N12)C(=O)Nc1ccc(Cl)cc1. The predicted octanol–water partition coefficient (Wildman–Crippen LogP) is 5.50. The first-order valence-corrected chi connectivity index (χ1v) is 12.0. The van der Waals surface area contributed by atoms with E-state index < -0.39 is 6.04 Å². The molecule has 166 valence electrons. The minimum atomic E-state index is -0.411. The Bertz CT molecular complexity index is 1100. The number of carbonyl (C=O) groups is 2. The van der Waals surface area contributed by atoms with Crippen LogP contribution in [0.15, 0.2) is 58.5 Å². The van der Waals surface area contributed by atoms with Crippen molar-refractivity contribution in [2.45, 2.75) is 44.9 Å². The fourth-order valence-electron chi connectivity index (χ4n) is 3.79. The average Bonchev–Trinajstić information content (AvgIpc) is 3.15. The van der Waals surface area contributed by atoms with Crippen molar-refractivity contribution in [3.8, 4) is 0 Å². The van der Waals surface area contributed by atoms with Crippen molar-refractivity contribution in [1.29, 1.82) is 0 Å². The second kappa shape index (κ2) is 9.46. The van der Waals surface area contributed by atoms with Crippen LogP contribution in [-0.2, 0) is 9.59 Å². The summed E-state index contributed by atoms with van der Waals surface area (Å²) in [4.78, 5) is 37.1. The lowest BCUT2D eigenvalue weighted by molar-refractivity contribution is -0.120. The second-order valence-electron chi connectivity index (χ2n) is 7.90. The maximum absolute atomic E-state index is 13.0. The number of thioether (sulfide) groups is 1. The number of fused-ring (bicyclic) bond motifs is 3. The van der Waals surface area contributed by atoms with Gasteiger partial charge in [-0.25, -0.2) is 4.99 Å². The van der Waals surface area contributed by atoms with Crippen LogP contribution in [0.1, 0.15) is 39.2 Å². The highest BCUT2D eigenvalue weighted by molar-refractivity contribution is 8.15. The first kappa shape index (κ1) is 22.6. The topological polar surface area (TPSA) is 74.1 Å². The molecule has 4 rings (SSSR count). The minimum absolute atomic E-state index is 0.0998. The number of rotatable bonds is 6. The molecule has 2 amide bonds. The first-order valence-electron chi connectivity index (χ1n) is 10.8. The summed E-state index contributed by atoms with van der Waals surface area (Å²) in [7, 11) is 0. The van der Waals surface area contributed by atoms with Crippen molar-refractivity contribution in [3.63, 3.8) is 0 Å². The van der Waals surface area contributed by atoms with Crippen molar-refractivity contribution >= 4 is 57.6 Å². The number of nitrogens with zero attached hydrogens (tertiary/aromatic N) is 3. The Labute approximate surface area is 197 Å². The zero-order valence-corrected chi connectivity index (χ0v) is 19.8. The molecule has 3 unspecified atom stereocenters. The Morgan fingerprint density at radius 1 is 1.12 bits per heavy atom. The van der Waals surface area contributed by atoms with E-state index in [4.69, 9.17) is 16.6 Å². The summed E-state index contributed by atoms with van der Waals surface area (Å²) in [6.07, 6.45) is 1.44. The van der Waals surface area contributed by atoms with Crippen molar-refractivity contribution < 1.29 is 9.59 Å². The number of para-hydroxylation sites is 1. The third-order valence-corrected chi connectivity index (χ3v) is 7.33. The number of anilines is 1. The van der Waals surface area contributed by atoms with Gasteiger partial charge in [-0.1, -0.05) is 62.7 Å². The lowest BCUT2D eigenvalue weighted by Gasteiger charge is -2.34. The Morgan fingerprint density at radius 3 is 2.53 bits per heavy atom. The lowest BCUT2D eigenvalue weighted by atomic mass is 9.97. The van der Waals surface area contributed by atoms with Gasteiger partial charge in [0.1, 0.15) is 11.9 Å². The number of hydrogen-bond donors (Lipinski definition) is 1.